The van der Waals surface area contributed by atoms with Crippen LogP contribution in [-0.4, -0.2) is 30.8 Å². The largest absolute Gasteiger partial charge is 0.478 e. The summed E-state index contributed by atoms with van der Waals surface area (Å²) in [6.07, 6.45) is 4.01. The molecule has 7 heteroatoms. The third kappa shape index (κ3) is 3.10. The van der Waals surface area contributed by atoms with Gasteiger partial charge in [0.2, 0.25) is 0 Å². The van der Waals surface area contributed by atoms with Gasteiger partial charge in [-0.3, -0.25) is 9.67 Å². The van der Waals surface area contributed by atoms with Gasteiger partial charge in [-0.25, -0.2) is 4.79 Å². The van der Waals surface area contributed by atoms with E-state index in [-0.39, 0.29) is 5.56 Å². The van der Waals surface area contributed by atoms with Crippen LogP contribution in [-0.2, 0) is 7.05 Å². The number of nitrogens with one attached hydrogen (secondary N) is 1. The number of aromatic amines is 1. The molecule has 7 nitrogen and oxygen atoms in total. The molecule has 6 rings (SSSR count). The summed E-state index contributed by atoms with van der Waals surface area (Å²) in [6.45, 7) is 0. The standard InChI is InChI=1S/C25H20N4O3/c1-29-24(22-13-21-23(27-22)19(25(30)31)9-10-26-21)18-8-7-17(12-20(18)28-29)32-16-4-2-3-15(11-16)14-5-6-14/h2-4,7-14,27H,5-6H2,1H3,(H,30,31). The maximum atomic E-state index is 11.6. The zero-order valence-electron chi connectivity index (χ0n) is 17.4. The normalized spacial score (nSPS) is 13.7. The lowest BCUT2D eigenvalue weighted by Gasteiger charge is -2.07. The molecular formula is C25H20N4O3. The highest BCUT2D eigenvalue weighted by atomic mass is 16.5. The smallest absolute Gasteiger partial charge is 0.337 e. The Bertz CT molecular complexity index is 1510. The lowest BCUT2D eigenvalue weighted by atomic mass is 10.1. The Morgan fingerprint density at radius 1 is 1.09 bits per heavy atom. The van der Waals surface area contributed by atoms with Crippen LogP contribution in [0.2, 0.25) is 0 Å². The lowest BCUT2D eigenvalue weighted by molar-refractivity contribution is 0.0698. The molecule has 0 unspecified atom stereocenters. The number of pyridine rings is 1. The first-order valence-electron chi connectivity index (χ1n) is 10.5. The summed E-state index contributed by atoms with van der Waals surface area (Å²) in [6, 6.07) is 17.5. The maximum Gasteiger partial charge on any atom is 0.337 e. The number of nitrogens with zero attached hydrogens (tertiary/aromatic N) is 3. The predicted octanol–water partition coefficient (Wildman–Crippen LogP) is 5.48. The number of carbonyl (C=O) groups is 1. The van der Waals surface area contributed by atoms with Gasteiger partial charge in [0, 0.05) is 24.7 Å². The molecule has 3 aromatic heterocycles. The van der Waals surface area contributed by atoms with Crippen LogP contribution in [0.1, 0.15) is 34.7 Å². The van der Waals surface area contributed by atoms with Crippen LogP contribution < -0.4 is 4.74 Å². The van der Waals surface area contributed by atoms with Crippen molar-refractivity contribution in [2.24, 2.45) is 7.05 Å². The summed E-state index contributed by atoms with van der Waals surface area (Å²) in [5.74, 6) is 1.23. The third-order valence-corrected chi connectivity index (χ3v) is 5.95. The Balaban J connectivity index is 1.38. The molecule has 0 amide bonds. The fourth-order valence-electron chi connectivity index (χ4n) is 4.28. The van der Waals surface area contributed by atoms with Crippen molar-refractivity contribution >= 4 is 27.9 Å². The number of hydrogen-bond donors (Lipinski definition) is 2. The van der Waals surface area contributed by atoms with Gasteiger partial charge >= 0.3 is 5.97 Å². The van der Waals surface area contributed by atoms with E-state index in [1.165, 1.54) is 30.7 Å². The van der Waals surface area contributed by atoms with Crippen LogP contribution in [0.25, 0.3) is 33.3 Å². The Morgan fingerprint density at radius 2 is 1.94 bits per heavy atom. The number of benzene rings is 2. The Kier molecular flexibility index (Phi) is 4.04. The highest BCUT2D eigenvalue weighted by Gasteiger charge is 2.23. The van der Waals surface area contributed by atoms with Crippen LogP contribution in [0.4, 0.5) is 0 Å². The number of aryl methyl sites for hydroxylation is 1. The van der Waals surface area contributed by atoms with Gasteiger partial charge in [0.1, 0.15) is 11.5 Å². The molecule has 32 heavy (non-hydrogen) atoms. The number of hydrogen-bond acceptors (Lipinski definition) is 4. The average molecular weight is 424 g/mol. The van der Waals surface area contributed by atoms with E-state index >= 15 is 0 Å². The van der Waals surface area contributed by atoms with E-state index in [1.807, 2.05) is 43.4 Å². The van der Waals surface area contributed by atoms with Crippen LogP contribution in [0.5, 0.6) is 11.5 Å². The molecule has 0 bridgehead atoms. The van der Waals surface area contributed by atoms with Gasteiger partial charge in [-0.2, -0.15) is 5.10 Å². The number of aromatic carboxylic acids is 1. The van der Waals surface area contributed by atoms with Gasteiger partial charge in [0.05, 0.1) is 33.5 Å². The molecule has 0 saturated heterocycles. The molecule has 0 aliphatic heterocycles. The van der Waals surface area contributed by atoms with E-state index in [4.69, 9.17) is 4.74 Å². The van der Waals surface area contributed by atoms with E-state index in [0.717, 1.165) is 33.8 Å². The molecule has 1 fully saturated rings. The molecule has 0 spiro atoms. The van der Waals surface area contributed by atoms with Crippen LogP contribution in [0.15, 0.2) is 60.8 Å². The fourth-order valence-corrected chi connectivity index (χ4v) is 4.28. The minimum atomic E-state index is -0.992. The van der Waals surface area contributed by atoms with Crippen LogP contribution in [0.3, 0.4) is 0 Å². The van der Waals surface area contributed by atoms with Gasteiger partial charge in [-0.05, 0) is 60.7 Å². The summed E-state index contributed by atoms with van der Waals surface area (Å²) in [5.41, 5.74) is 5.04. The first kappa shape index (κ1) is 18.6. The number of rotatable bonds is 5. The second-order valence-corrected chi connectivity index (χ2v) is 8.21. The number of ether oxygens (including phenoxy) is 1. The van der Waals surface area contributed by atoms with Gasteiger partial charge in [-0.15, -0.1) is 0 Å². The number of carboxylic acids is 1. The predicted molar refractivity (Wildman–Crippen MR) is 121 cm³/mol. The zero-order valence-corrected chi connectivity index (χ0v) is 17.4. The van der Waals surface area contributed by atoms with Crippen molar-refractivity contribution in [2.75, 3.05) is 0 Å². The fraction of sp³-hybridized carbons (Fsp3) is 0.160. The second kappa shape index (κ2) is 6.95. The van der Waals surface area contributed by atoms with Gasteiger partial charge in [0.15, 0.2) is 0 Å². The Labute approximate surface area is 183 Å². The molecule has 1 saturated carbocycles. The minimum Gasteiger partial charge on any atom is -0.478 e. The van der Waals surface area contributed by atoms with Crippen molar-refractivity contribution in [3.8, 4) is 22.9 Å². The highest BCUT2D eigenvalue weighted by Crippen LogP contribution is 2.41. The number of H-pyrrole nitrogens is 1. The summed E-state index contributed by atoms with van der Waals surface area (Å²) < 4.78 is 7.90. The molecular weight excluding hydrogens is 404 g/mol. The highest BCUT2D eigenvalue weighted by molar-refractivity contribution is 6.03. The summed E-state index contributed by atoms with van der Waals surface area (Å²) in [7, 11) is 1.87. The van der Waals surface area contributed by atoms with Crippen molar-refractivity contribution in [1.82, 2.24) is 19.7 Å². The first-order valence-corrected chi connectivity index (χ1v) is 10.5. The van der Waals surface area contributed by atoms with Gasteiger partial charge in [-0.1, -0.05) is 12.1 Å². The molecule has 0 atom stereocenters. The van der Waals surface area contributed by atoms with Crippen LogP contribution >= 0.6 is 0 Å². The first-order chi connectivity index (χ1) is 15.6. The minimum absolute atomic E-state index is 0.192. The monoisotopic (exact) mass is 424 g/mol. The van der Waals surface area contributed by atoms with Gasteiger partial charge < -0.3 is 14.8 Å². The molecule has 1 aliphatic carbocycles. The number of aromatic nitrogens is 4. The SMILES string of the molecule is Cn1nc2cc(Oc3cccc(C4CC4)c3)ccc2c1-c1cc2nccc(C(=O)O)c2[nH]1. The molecule has 2 N–H and O–H groups in total. The molecule has 0 radical (unpaired) electrons. The topological polar surface area (TPSA) is 93.0 Å². The van der Waals surface area contributed by atoms with Gasteiger partial charge in [0.25, 0.3) is 0 Å². The van der Waals surface area contributed by atoms with E-state index in [1.54, 1.807) is 4.68 Å². The van der Waals surface area contributed by atoms with E-state index in [0.29, 0.717) is 17.0 Å². The maximum absolute atomic E-state index is 11.6. The summed E-state index contributed by atoms with van der Waals surface area (Å²) in [5, 5.41) is 15.1. The molecule has 2 aromatic carbocycles. The number of fused-ring (bicyclic) bond motifs is 2. The summed E-state index contributed by atoms with van der Waals surface area (Å²) in [4.78, 5) is 19.1. The van der Waals surface area contributed by atoms with Crippen molar-refractivity contribution in [2.45, 2.75) is 18.8 Å². The zero-order chi connectivity index (χ0) is 21.8. The molecule has 1 aliphatic rings. The Morgan fingerprint density at radius 3 is 2.75 bits per heavy atom. The van der Waals surface area contributed by atoms with Crippen molar-refractivity contribution in [1.29, 1.82) is 0 Å². The lowest BCUT2D eigenvalue weighted by Crippen LogP contribution is -1.98. The second-order valence-electron chi connectivity index (χ2n) is 8.21. The van der Waals surface area contributed by atoms with E-state index in [2.05, 4.69) is 27.2 Å². The molecule has 3 heterocycles. The van der Waals surface area contributed by atoms with E-state index < -0.39 is 5.97 Å². The average Bonchev–Trinajstić information content (AvgIpc) is 3.46. The van der Waals surface area contributed by atoms with Crippen LogP contribution in [0, 0.1) is 0 Å². The van der Waals surface area contributed by atoms with E-state index in [9.17, 15) is 9.90 Å². The Hall–Kier alpha value is -4.13. The third-order valence-electron chi connectivity index (χ3n) is 5.95. The molecule has 158 valence electrons. The summed E-state index contributed by atoms with van der Waals surface area (Å²) >= 11 is 0. The van der Waals surface area contributed by atoms with Crippen molar-refractivity contribution in [3.63, 3.8) is 0 Å². The van der Waals surface area contributed by atoms with Crippen molar-refractivity contribution in [3.05, 3.63) is 71.9 Å². The number of carboxylic acid groups (broad SMARTS) is 1. The molecule has 5 aromatic rings. The van der Waals surface area contributed by atoms with Crippen molar-refractivity contribution < 1.29 is 14.6 Å². The quantitative estimate of drug-likeness (QED) is 0.389.